The Balaban J connectivity index is 1.35. The van der Waals surface area contributed by atoms with Crippen molar-refractivity contribution in [3.63, 3.8) is 0 Å². The van der Waals surface area contributed by atoms with Crippen molar-refractivity contribution in [2.45, 2.75) is 103 Å². The molecule has 3 fully saturated rings. The molecule has 232 valence electrons. The first-order chi connectivity index (χ1) is 19.8. The van der Waals surface area contributed by atoms with Gasteiger partial charge >= 0.3 is 5.97 Å². The molecule has 4 N–H and O–H groups in total. The summed E-state index contributed by atoms with van der Waals surface area (Å²) in [6, 6.07) is -1.48. The minimum Gasteiger partial charge on any atom is -0.481 e. The van der Waals surface area contributed by atoms with Gasteiger partial charge in [-0.1, -0.05) is 44.3 Å². The minimum absolute atomic E-state index is 0.0842. The Labute approximate surface area is 255 Å². The van der Waals surface area contributed by atoms with Crippen LogP contribution in [0.4, 0.5) is 0 Å². The number of aliphatic hydroxyl groups is 1. The summed E-state index contributed by atoms with van der Waals surface area (Å²) in [6.45, 7) is 7.87. The number of fused-ring (bicyclic) bond motifs is 5. The number of rotatable bonds is 10. The summed E-state index contributed by atoms with van der Waals surface area (Å²) >= 11 is 4.11. The van der Waals surface area contributed by atoms with Gasteiger partial charge in [0, 0.05) is 17.2 Å². The van der Waals surface area contributed by atoms with Crippen LogP contribution in [0, 0.1) is 46.8 Å². The van der Waals surface area contributed by atoms with Gasteiger partial charge in [-0.2, -0.15) is 12.6 Å². The fourth-order valence-electron chi connectivity index (χ4n) is 8.48. The highest BCUT2D eigenvalue weighted by atomic mass is 32.1. The quantitative estimate of drug-likeness (QED) is 0.147. The van der Waals surface area contributed by atoms with Crippen molar-refractivity contribution in [1.29, 1.82) is 0 Å². The third kappa shape index (κ3) is 6.10. The first kappa shape index (κ1) is 32.4. The summed E-state index contributed by atoms with van der Waals surface area (Å²) in [5, 5.41) is 29.9. The molecule has 4 rings (SSSR count). The molecule has 4 aliphatic carbocycles. The van der Waals surface area contributed by atoms with E-state index in [1.807, 2.05) is 0 Å². The van der Waals surface area contributed by atoms with Crippen molar-refractivity contribution in [3.8, 4) is 12.3 Å². The van der Waals surface area contributed by atoms with E-state index in [9.17, 15) is 19.5 Å². The zero-order chi connectivity index (χ0) is 30.9. The van der Waals surface area contributed by atoms with Gasteiger partial charge in [0.25, 0.3) is 5.91 Å². The van der Waals surface area contributed by atoms with Gasteiger partial charge in [0.05, 0.1) is 12.1 Å². The second-order valence-electron chi connectivity index (χ2n) is 13.6. The topological polar surface area (TPSA) is 137 Å². The number of oxime groups is 1. The molecule has 2 amide bonds. The van der Waals surface area contributed by atoms with Crippen LogP contribution < -0.4 is 10.6 Å². The number of nitrogens with zero attached hydrogens (tertiary/aromatic N) is 1. The van der Waals surface area contributed by atoms with E-state index < -0.39 is 35.5 Å². The van der Waals surface area contributed by atoms with E-state index in [0.29, 0.717) is 24.2 Å². The van der Waals surface area contributed by atoms with Crippen LogP contribution in [0.25, 0.3) is 0 Å². The van der Waals surface area contributed by atoms with Gasteiger partial charge in [-0.05, 0) is 86.5 Å². The van der Waals surface area contributed by atoms with Gasteiger partial charge in [-0.25, -0.2) is 0 Å². The Hall–Kier alpha value is -2.51. The summed E-state index contributed by atoms with van der Waals surface area (Å²) < 4.78 is 0. The fourth-order valence-corrected chi connectivity index (χ4v) is 8.70. The molecule has 0 radical (unpaired) electrons. The first-order valence-corrected chi connectivity index (χ1v) is 15.9. The van der Waals surface area contributed by atoms with Crippen LogP contribution in [0.5, 0.6) is 0 Å². The fraction of sp³-hybridized carbons (Fsp3) is 0.750. The van der Waals surface area contributed by atoms with E-state index in [0.717, 1.165) is 50.7 Å². The average Bonchev–Trinajstić information content (AvgIpc) is 3.21. The van der Waals surface area contributed by atoms with Gasteiger partial charge in [-0.15, -0.1) is 6.42 Å². The van der Waals surface area contributed by atoms with E-state index in [2.05, 4.69) is 54.3 Å². The second-order valence-corrected chi connectivity index (χ2v) is 14.0. The van der Waals surface area contributed by atoms with Crippen LogP contribution in [0.2, 0.25) is 0 Å². The van der Waals surface area contributed by atoms with E-state index in [1.165, 1.54) is 5.57 Å². The number of carboxylic acids is 1. The Morgan fingerprint density at radius 1 is 1.14 bits per heavy atom. The lowest BCUT2D eigenvalue weighted by Crippen LogP contribution is -2.54. The maximum Gasteiger partial charge on any atom is 0.305 e. The molecule has 0 aromatic rings. The van der Waals surface area contributed by atoms with Crippen molar-refractivity contribution >= 4 is 36.1 Å². The van der Waals surface area contributed by atoms with E-state index >= 15 is 0 Å². The molecule has 0 heterocycles. The van der Waals surface area contributed by atoms with Crippen molar-refractivity contribution in [1.82, 2.24) is 10.6 Å². The van der Waals surface area contributed by atoms with Crippen molar-refractivity contribution in [2.75, 3.05) is 12.4 Å². The number of allylic oxidation sites excluding steroid dienone is 2. The smallest absolute Gasteiger partial charge is 0.305 e. The number of carbonyl (C=O) groups is 3. The van der Waals surface area contributed by atoms with Gasteiger partial charge < -0.3 is 25.7 Å². The molecule has 0 aromatic carbocycles. The first-order valence-electron chi connectivity index (χ1n) is 15.3. The van der Waals surface area contributed by atoms with E-state index in [-0.39, 0.29) is 35.5 Å². The molecular weight excluding hydrogens is 554 g/mol. The molecule has 9 nitrogen and oxygen atoms in total. The van der Waals surface area contributed by atoms with Crippen molar-refractivity contribution in [2.24, 2.45) is 39.7 Å². The Morgan fingerprint density at radius 3 is 2.50 bits per heavy atom. The molecule has 0 saturated heterocycles. The molecule has 0 spiro atoms. The van der Waals surface area contributed by atoms with Crippen LogP contribution in [0.15, 0.2) is 16.8 Å². The Kier molecular flexibility index (Phi) is 9.73. The highest BCUT2D eigenvalue weighted by molar-refractivity contribution is 7.80. The maximum atomic E-state index is 12.7. The van der Waals surface area contributed by atoms with Gasteiger partial charge in [0.2, 0.25) is 5.91 Å². The molecule has 3 saturated carbocycles. The van der Waals surface area contributed by atoms with Crippen LogP contribution in [0.3, 0.4) is 0 Å². The highest BCUT2D eigenvalue weighted by Crippen LogP contribution is 2.67. The second kappa shape index (κ2) is 12.6. The molecule has 8 atom stereocenters. The summed E-state index contributed by atoms with van der Waals surface area (Å²) in [6.07, 6.45) is 15.2. The van der Waals surface area contributed by atoms with Crippen LogP contribution >= 0.6 is 12.6 Å². The third-order valence-electron chi connectivity index (χ3n) is 11.0. The lowest BCUT2D eigenvalue weighted by atomic mass is 9.46. The summed E-state index contributed by atoms with van der Waals surface area (Å²) in [7, 11) is 0. The largest absolute Gasteiger partial charge is 0.481 e. The predicted molar refractivity (Wildman–Crippen MR) is 164 cm³/mol. The number of hydrogen-bond donors (Lipinski definition) is 5. The summed E-state index contributed by atoms with van der Waals surface area (Å²) in [5.74, 6) is 2.30. The average molecular weight is 602 g/mol. The summed E-state index contributed by atoms with van der Waals surface area (Å²) in [5.41, 5.74) is 1.09. The Bertz CT molecular complexity index is 1180. The molecule has 0 aliphatic heterocycles. The third-order valence-corrected chi connectivity index (χ3v) is 11.4. The van der Waals surface area contributed by atoms with Crippen molar-refractivity contribution < 1.29 is 29.4 Å². The molecular formula is C32H47N3O6S. The van der Waals surface area contributed by atoms with Gasteiger partial charge in [0.1, 0.15) is 11.6 Å². The molecule has 10 heteroatoms. The standard InChI is InChI=1S/C32H47N3O6S/c1-6-32(40)14-11-25-23-8-7-20-15-21(9-12-30(20,4)24(23)10-13-31(25,32)5)35-41-17-26(36)34-28(19(2)3)29(39)33-22(18-42)16-27(37)38/h1,15,19,22-25,28,40,42H,7-14,16-18H2,2-5H3,(H,33,39)(H,34,36)(H,37,38)/b35-21+/t22-,23+,24-,25-,28-,30-,31-,32+/m0/s1. The lowest BCUT2D eigenvalue weighted by Gasteiger charge is -2.58. The predicted octanol–water partition coefficient (Wildman–Crippen LogP) is 3.72. The van der Waals surface area contributed by atoms with Crippen molar-refractivity contribution in [3.05, 3.63) is 11.6 Å². The normalized spacial score (nSPS) is 36.0. The van der Waals surface area contributed by atoms with Gasteiger partial charge in [-0.3, -0.25) is 14.4 Å². The monoisotopic (exact) mass is 601 g/mol. The van der Waals surface area contributed by atoms with Crippen LogP contribution in [-0.2, 0) is 19.2 Å². The zero-order valence-corrected chi connectivity index (χ0v) is 26.2. The number of hydrogen-bond acceptors (Lipinski definition) is 7. The Morgan fingerprint density at radius 2 is 1.86 bits per heavy atom. The number of thiol groups is 1. The zero-order valence-electron chi connectivity index (χ0n) is 25.3. The summed E-state index contributed by atoms with van der Waals surface area (Å²) in [4.78, 5) is 41.8. The molecule has 0 unspecified atom stereocenters. The van der Waals surface area contributed by atoms with Crippen LogP contribution in [-0.4, -0.2) is 63.8 Å². The molecule has 4 aliphatic rings. The number of carbonyl (C=O) groups excluding carboxylic acids is 2. The van der Waals surface area contributed by atoms with E-state index in [1.54, 1.807) is 13.8 Å². The lowest BCUT2D eigenvalue weighted by molar-refractivity contribution is -0.138. The van der Waals surface area contributed by atoms with Crippen LogP contribution in [0.1, 0.15) is 85.5 Å². The van der Waals surface area contributed by atoms with E-state index in [4.69, 9.17) is 16.4 Å². The number of aliphatic carboxylic acids is 1. The molecule has 42 heavy (non-hydrogen) atoms. The molecule has 0 aromatic heterocycles. The maximum absolute atomic E-state index is 12.7. The number of amides is 2. The molecule has 0 bridgehead atoms. The minimum atomic E-state index is -1.04. The number of carboxylic acid groups (broad SMARTS) is 1. The number of nitrogens with one attached hydrogen (secondary N) is 2. The number of terminal acetylenes is 1. The van der Waals surface area contributed by atoms with Gasteiger partial charge in [0.15, 0.2) is 6.61 Å². The SMILES string of the molecule is C#C[C@@]1(O)CC[C@H]2[C@@H]3CCC4=C/C(=N/OCC(=O)N[C@H](C(=O)N[C@H](CS)CC(=O)O)C(C)C)CC[C@]4(C)[C@H]3CC[C@@]21C. The highest BCUT2D eigenvalue weighted by Gasteiger charge is 2.63.